The second-order valence-electron chi connectivity index (χ2n) is 8.89. The Kier molecular flexibility index (Phi) is 5.91. The van der Waals surface area contributed by atoms with Gasteiger partial charge in [-0.05, 0) is 40.0 Å². The Balaban J connectivity index is 1.74. The number of fused-ring (bicyclic) bond motifs is 1. The van der Waals surface area contributed by atoms with Crippen molar-refractivity contribution < 1.29 is 19.1 Å². The maximum absolute atomic E-state index is 12.9. The van der Waals surface area contributed by atoms with Gasteiger partial charge in [0.05, 0.1) is 12.1 Å². The van der Waals surface area contributed by atoms with Gasteiger partial charge in [-0.25, -0.2) is 4.79 Å². The number of amides is 2. The molecule has 2 aliphatic rings. The summed E-state index contributed by atoms with van der Waals surface area (Å²) in [5.41, 5.74) is -0.977. The topological polar surface area (TPSA) is 89.9 Å². The summed E-state index contributed by atoms with van der Waals surface area (Å²) in [5, 5.41) is 3.10. The van der Waals surface area contributed by atoms with Crippen molar-refractivity contribution in [3.05, 3.63) is 28.2 Å². The number of nitrogens with one attached hydrogen (secondary N) is 1. The lowest BCUT2D eigenvalue weighted by Gasteiger charge is -2.45. The van der Waals surface area contributed by atoms with Crippen LogP contribution in [0.2, 0.25) is 0 Å². The molecule has 0 radical (unpaired) electrons. The fourth-order valence-electron chi connectivity index (χ4n) is 3.77. The summed E-state index contributed by atoms with van der Waals surface area (Å²) < 4.78 is 12.9. The highest BCUT2D eigenvalue weighted by molar-refractivity contribution is 5.96. The summed E-state index contributed by atoms with van der Waals surface area (Å²) in [6, 6.07) is 1.45. The third-order valence-electron chi connectivity index (χ3n) is 5.32. The molecule has 1 aromatic rings. The molecule has 2 aliphatic heterocycles. The highest BCUT2D eigenvalue weighted by Gasteiger charge is 2.43. The van der Waals surface area contributed by atoms with Gasteiger partial charge in [0.25, 0.3) is 5.91 Å². The molecule has 0 saturated carbocycles. The van der Waals surface area contributed by atoms with Crippen molar-refractivity contribution in [1.29, 1.82) is 0 Å². The first-order chi connectivity index (χ1) is 13.6. The zero-order valence-corrected chi connectivity index (χ0v) is 17.7. The molecule has 29 heavy (non-hydrogen) atoms. The number of rotatable bonds is 4. The van der Waals surface area contributed by atoms with Crippen LogP contribution in [0.1, 0.15) is 63.9 Å². The van der Waals surface area contributed by atoms with Gasteiger partial charge in [0.2, 0.25) is 5.43 Å². The van der Waals surface area contributed by atoms with E-state index in [0.717, 1.165) is 12.8 Å². The molecular weight excluding hydrogens is 374 g/mol. The van der Waals surface area contributed by atoms with Crippen molar-refractivity contribution >= 4 is 12.0 Å². The molecule has 1 fully saturated rings. The van der Waals surface area contributed by atoms with Gasteiger partial charge >= 0.3 is 6.09 Å². The number of likely N-dealkylation sites (tertiary alicyclic amines) is 1. The summed E-state index contributed by atoms with van der Waals surface area (Å²) >= 11 is 0. The van der Waals surface area contributed by atoms with Gasteiger partial charge in [-0.2, -0.15) is 0 Å². The molecule has 0 aromatic carbocycles. The highest BCUT2D eigenvalue weighted by Crippen LogP contribution is 2.31. The monoisotopic (exact) mass is 405 g/mol. The van der Waals surface area contributed by atoms with Crippen LogP contribution in [-0.2, 0) is 11.3 Å². The van der Waals surface area contributed by atoms with E-state index in [2.05, 4.69) is 5.32 Å². The lowest BCUT2D eigenvalue weighted by atomic mass is 9.85. The Morgan fingerprint density at radius 3 is 2.55 bits per heavy atom. The van der Waals surface area contributed by atoms with Crippen LogP contribution >= 0.6 is 0 Å². The number of unbranched alkanes of at least 4 members (excludes halogenated alkanes) is 1. The number of piperidine rings is 1. The second-order valence-corrected chi connectivity index (χ2v) is 8.89. The number of hydrogen-bond donors (Lipinski definition) is 1. The van der Waals surface area contributed by atoms with Crippen molar-refractivity contribution in [1.82, 2.24) is 14.8 Å². The van der Waals surface area contributed by atoms with Crippen LogP contribution in [-0.4, -0.2) is 52.3 Å². The highest BCUT2D eigenvalue weighted by atomic mass is 16.6. The summed E-state index contributed by atoms with van der Waals surface area (Å²) in [7, 11) is 0. The van der Waals surface area contributed by atoms with Crippen LogP contribution in [0.25, 0.3) is 0 Å². The van der Waals surface area contributed by atoms with Crippen LogP contribution in [0.15, 0.2) is 17.1 Å². The Hall–Kier alpha value is -2.51. The summed E-state index contributed by atoms with van der Waals surface area (Å²) in [6.45, 7) is 9.53. The first-order valence-corrected chi connectivity index (χ1v) is 10.3. The van der Waals surface area contributed by atoms with E-state index in [1.54, 1.807) is 11.1 Å². The normalized spacial score (nSPS) is 18.2. The Morgan fingerprint density at radius 2 is 1.93 bits per heavy atom. The molecule has 0 atom stereocenters. The largest absolute Gasteiger partial charge is 0.487 e. The molecule has 160 valence electrons. The van der Waals surface area contributed by atoms with E-state index in [4.69, 9.17) is 9.47 Å². The maximum atomic E-state index is 12.9. The molecule has 3 heterocycles. The van der Waals surface area contributed by atoms with E-state index in [1.165, 1.54) is 6.07 Å². The Morgan fingerprint density at radius 1 is 1.24 bits per heavy atom. The first kappa shape index (κ1) is 21.2. The molecule has 0 aliphatic carbocycles. The van der Waals surface area contributed by atoms with Crippen LogP contribution < -0.4 is 15.5 Å². The average molecular weight is 405 g/mol. The van der Waals surface area contributed by atoms with Crippen molar-refractivity contribution in [2.75, 3.05) is 19.7 Å². The van der Waals surface area contributed by atoms with Crippen LogP contribution in [0.3, 0.4) is 0 Å². The molecule has 1 N–H and O–H groups in total. The van der Waals surface area contributed by atoms with Crippen molar-refractivity contribution in [2.45, 2.75) is 71.1 Å². The average Bonchev–Trinajstić information content (AvgIpc) is 2.63. The zero-order valence-electron chi connectivity index (χ0n) is 17.7. The van der Waals surface area contributed by atoms with E-state index in [9.17, 15) is 14.4 Å². The SMILES string of the molecule is CCCCOc1c2n(ccc1=O)CC1(CCN(C(=O)OC(C)(C)C)CC1)NC2=O. The molecule has 1 saturated heterocycles. The van der Waals surface area contributed by atoms with Gasteiger partial charge < -0.3 is 24.3 Å². The minimum atomic E-state index is -0.537. The van der Waals surface area contributed by atoms with Crippen molar-refractivity contribution in [2.24, 2.45) is 0 Å². The third kappa shape index (κ3) is 4.74. The Labute approximate surface area is 171 Å². The van der Waals surface area contributed by atoms with Crippen LogP contribution in [0.4, 0.5) is 4.79 Å². The number of hydrogen-bond acceptors (Lipinski definition) is 5. The van der Waals surface area contributed by atoms with E-state index >= 15 is 0 Å². The second kappa shape index (κ2) is 8.08. The van der Waals surface area contributed by atoms with Crippen molar-refractivity contribution in [3.8, 4) is 5.75 Å². The standard InChI is InChI=1S/C21H31N3O5/c1-5-6-13-28-17-15(25)7-10-24-14-21(22-18(26)16(17)24)8-11-23(12-9-21)19(27)29-20(2,3)4/h7,10H,5-6,8-9,11-14H2,1-4H3,(H,22,26). The first-order valence-electron chi connectivity index (χ1n) is 10.3. The van der Waals surface area contributed by atoms with E-state index in [0.29, 0.717) is 39.1 Å². The van der Waals surface area contributed by atoms with Crippen LogP contribution in [0, 0.1) is 0 Å². The molecule has 8 heteroatoms. The molecule has 3 rings (SSSR count). The van der Waals surface area contributed by atoms with Gasteiger partial charge in [-0.1, -0.05) is 13.3 Å². The quantitative estimate of drug-likeness (QED) is 0.778. The summed E-state index contributed by atoms with van der Waals surface area (Å²) in [5.74, 6) is -0.175. The fourth-order valence-corrected chi connectivity index (χ4v) is 3.77. The smallest absolute Gasteiger partial charge is 0.410 e. The lowest BCUT2D eigenvalue weighted by molar-refractivity contribution is 0.0127. The fraction of sp³-hybridized carbons (Fsp3) is 0.667. The number of pyridine rings is 1. The predicted octanol–water partition coefficient (Wildman–Crippen LogP) is 2.54. The molecule has 0 unspecified atom stereocenters. The van der Waals surface area contributed by atoms with Crippen LogP contribution in [0.5, 0.6) is 5.75 Å². The van der Waals surface area contributed by atoms with E-state index < -0.39 is 11.1 Å². The number of carbonyl (C=O) groups is 2. The molecule has 2 amide bonds. The molecule has 8 nitrogen and oxygen atoms in total. The summed E-state index contributed by atoms with van der Waals surface area (Å²) in [4.78, 5) is 39.2. The molecular formula is C21H31N3O5. The number of aromatic nitrogens is 1. The maximum Gasteiger partial charge on any atom is 0.410 e. The van der Waals surface area contributed by atoms with Gasteiger partial charge in [-0.15, -0.1) is 0 Å². The lowest BCUT2D eigenvalue weighted by Crippen LogP contribution is -2.61. The minimum absolute atomic E-state index is 0.125. The molecule has 1 spiro atoms. The van der Waals surface area contributed by atoms with Gasteiger partial charge in [0.15, 0.2) is 11.4 Å². The van der Waals surface area contributed by atoms with Gasteiger partial charge in [-0.3, -0.25) is 9.59 Å². The molecule has 1 aromatic heterocycles. The predicted molar refractivity (Wildman–Crippen MR) is 108 cm³/mol. The number of nitrogens with zero attached hydrogens (tertiary/aromatic N) is 2. The summed E-state index contributed by atoms with van der Waals surface area (Å²) in [6.07, 6.45) is 4.33. The van der Waals surface area contributed by atoms with Crippen molar-refractivity contribution in [3.63, 3.8) is 0 Å². The van der Waals surface area contributed by atoms with Gasteiger partial charge in [0.1, 0.15) is 5.60 Å². The third-order valence-corrected chi connectivity index (χ3v) is 5.32. The number of carbonyl (C=O) groups excluding carboxylic acids is 2. The zero-order chi connectivity index (χ0) is 21.2. The number of ether oxygens (including phenoxy) is 2. The van der Waals surface area contributed by atoms with E-state index in [1.807, 2.05) is 32.3 Å². The molecule has 0 bridgehead atoms. The Bertz CT molecular complexity index is 832. The van der Waals surface area contributed by atoms with Gasteiger partial charge in [0, 0.05) is 31.9 Å². The van der Waals surface area contributed by atoms with E-state index in [-0.39, 0.29) is 28.9 Å². The minimum Gasteiger partial charge on any atom is -0.487 e.